The Bertz CT molecular complexity index is 525. The summed E-state index contributed by atoms with van der Waals surface area (Å²) >= 11 is 3.35. The molecule has 0 radical (unpaired) electrons. The number of amides is 1. The first-order valence-electron chi connectivity index (χ1n) is 5.07. The molecule has 0 aromatic heterocycles. The number of fused-ring (bicyclic) bond motifs is 1. The maximum Gasteiger partial charge on any atom is 0.299 e. The minimum atomic E-state index is -0.526. The van der Waals surface area contributed by atoms with E-state index in [0.717, 1.165) is 4.47 Å². The number of hydrogen-bond donors (Lipinski definition) is 1. The fourth-order valence-electron chi connectivity index (χ4n) is 1.75. The molecule has 0 bridgehead atoms. The number of anilines is 1. The third-order valence-electron chi connectivity index (χ3n) is 2.61. The van der Waals surface area contributed by atoms with Crippen LogP contribution in [0.1, 0.15) is 10.4 Å². The van der Waals surface area contributed by atoms with Gasteiger partial charge in [0, 0.05) is 17.6 Å². The second kappa shape index (κ2) is 4.43. The number of halogens is 1. The van der Waals surface area contributed by atoms with E-state index in [0.29, 0.717) is 16.8 Å². The Morgan fingerprint density at radius 1 is 1.41 bits per heavy atom. The third kappa shape index (κ3) is 1.92. The summed E-state index contributed by atoms with van der Waals surface area (Å²) in [7, 11) is 0. The van der Waals surface area contributed by atoms with Gasteiger partial charge in [-0.15, -0.1) is 0 Å². The van der Waals surface area contributed by atoms with E-state index in [1.807, 2.05) is 0 Å². The topological polar surface area (TPSA) is 63.4 Å². The molecule has 0 atom stereocenters. The molecule has 2 N–H and O–H groups in total. The lowest BCUT2D eigenvalue weighted by atomic mass is 10.1. The highest BCUT2D eigenvalue weighted by molar-refractivity contribution is 9.10. The van der Waals surface area contributed by atoms with Gasteiger partial charge in [-0.1, -0.05) is 12.6 Å². The van der Waals surface area contributed by atoms with Crippen molar-refractivity contribution in [2.45, 2.75) is 0 Å². The molecule has 5 heteroatoms. The Hall–Kier alpha value is -1.46. The van der Waals surface area contributed by atoms with Gasteiger partial charge in [0.15, 0.2) is 0 Å². The van der Waals surface area contributed by atoms with E-state index in [1.165, 1.54) is 4.90 Å². The second-order valence-corrected chi connectivity index (χ2v) is 4.66. The number of hydrogen-bond acceptors (Lipinski definition) is 3. The zero-order valence-electron chi connectivity index (χ0n) is 9.07. The Morgan fingerprint density at radius 2 is 2.12 bits per heavy atom. The minimum Gasteiger partial charge on any atom is -0.327 e. The first-order chi connectivity index (χ1) is 8.06. The van der Waals surface area contributed by atoms with Crippen LogP contribution in [0.15, 0.2) is 34.8 Å². The van der Waals surface area contributed by atoms with Crippen LogP contribution in [0.2, 0.25) is 0 Å². The predicted molar refractivity (Wildman–Crippen MR) is 69.0 cm³/mol. The van der Waals surface area contributed by atoms with E-state index in [9.17, 15) is 9.59 Å². The molecule has 1 aromatic rings. The number of ketones is 1. The van der Waals surface area contributed by atoms with Gasteiger partial charge in [-0.25, -0.2) is 0 Å². The van der Waals surface area contributed by atoms with Gasteiger partial charge in [-0.05, 0) is 33.6 Å². The molecule has 1 aliphatic rings. The van der Waals surface area contributed by atoms with Crippen molar-refractivity contribution in [3.8, 4) is 0 Å². The largest absolute Gasteiger partial charge is 0.327 e. The summed E-state index contributed by atoms with van der Waals surface area (Å²) in [6, 6.07) is 5.17. The van der Waals surface area contributed by atoms with Crippen molar-refractivity contribution in [1.82, 2.24) is 0 Å². The lowest BCUT2D eigenvalue weighted by Crippen LogP contribution is -2.32. The number of rotatable bonds is 3. The van der Waals surface area contributed by atoms with Crippen LogP contribution < -0.4 is 10.6 Å². The van der Waals surface area contributed by atoms with Crippen LogP contribution in [-0.4, -0.2) is 24.8 Å². The number of nitrogens with two attached hydrogens (primary N) is 1. The lowest BCUT2D eigenvalue weighted by molar-refractivity contribution is -0.114. The van der Waals surface area contributed by atoms with Crippen molar-refractivity contribution in [2.75, 3.05) is 18.0 Å². The van der Waals surface area contributed by atoms with Crippen LogP contribution in [0.3, 0.4) is 0 Å². The number of Topliss-reactive ketones (excluding diaryl/α,β-unsaturated/α-hetero) is 1. The molecule has 2 rings (SSSR count). The fraction of sp³-hybridized carbons (Fsp3) is 0.167. The van der Waals surface area contributed by atoms with Crippen LogP contribution in [0, 0.1) is 0 Å². The molecule has 0 unspecified atom stereocenters. The van der Waals surface area contributed by atoms with Gasteiger partial charge >= 0.3 is 0 Å². The number of para-hydroxylation sites is 1. The maximum atomic E-state index is 11.8. The zero-order valence-corrected chi connectivity index (χ0v) is 10.7. The zero-order chi connectivity index (χ0) is 12.6. The highest BCUT2D eigenvalue weighted by atomic mass is 79.9. The highest BCUT2D eigenvalue weighted by Crippen LogP contribution is 2.36. The molecule has 0 spiro atoms. The van der Waals surface area contributed by atoms with E-state index in [-0.39, 0.29) is 13.1 Å². The molecule has 0 saturated carbocycles. The van der Waals surface area contributed by atoms with E-state index in [2.05, 4.69) is 22.5 Å². The number of nitrogens with zero attached hydrogens (tertiary/aromatic N) is 1. The number of carbonyl (C=O) groups is 2. The van der Waals surface area contributed by atoms with Gasteiger partial charge in [0.05, 0.1) is 11.3 Å². The second-order valence-electron chi connectivity index (χ2n) is 3.81. The van der Waals surface area contributed by atoms with Gasteiger partial charge in [0.1, 0.15) is 0 Å². The van der Waals surface area contributed by atoms with Gasteiger partial charge < -0.3 is 5.73 Å². The molecule has 0 fully saturated rings. The van der Waals surface area contributed by atoms with Crippen LogP contribution in [0.25, 0.3) is 0 Å². The average Bonchev–Trinajstić information content (AvgIpc) is 2.56. The Morgan fingerprint density at radius 3 is 2.76 bits per heavy atom. The molecule has 88 valence electrons. The summed E-state index contributed by atoms with van der Waals surface area (Å²) in [6.07, 6.45) is 0. The van der Waals surface area contributed by atoms with Crippen molar-refractivity contribution in [1.29, 1.82) is 0 Å². The smallest absolute Gasteiger partial charge is 0.299 e. The lowest BCUT2D eigenvalue weighted by Gasteiger charge is -2.18. The van der Waals surface area contributed by atoms with Crippen LogP contribution in [0.5, 0.6) is 0 Å². The van der Waals surface area contributed by atoms with Crippen molar-refractivity contribution >= 4 is 33.3 Å². The van der Waals surface area contributed by atoms with Crippen LogP contribution in [-0.2, 0) is 4.79 Å². The van der Waals surface area contributed by atoms with E-state index < -0.39 is 11.7 Å². The molecule has 0 saturated heterocycles. The van der Waals surface area contributed by atoms with Gasteiger partial charge in [-0.2, -0.15) is 0 Å². The summed E-state index contributed by atoms with van der Waals surface area (Å²) in [6.45, 7) is 4.32. The molecule has 1 amide bonds. The standard InChI is InChI=1S/C12H11BrN2O2/c1-7(5-14)6-15-10-8(11(16)12(15)17)3-2-4-9(10)13/h2-4H,1,5-6,14H2. The summed E-state index contributed by atoms with van der Waals surface area (Å²) < 4.78 is 0.721. The molecule has 1 aliphatic heterocycles. The number of benzene rings is 1. The number of carbonyl (C=O) groups excluding carboxylic acids is 2. The Balaban J connectivity index is 2.47. The van der Waals surface area contributed by atoms with E-state index in [4.69, 9.17) is 5.73 Å². The molecular weight excluding hydrogens is 284 g/mol. The Kier molecular flexibility index (Phi) is 3.13. The maximum absolute atomic E-state index is 11.8. The predicted octanol–water partition coefficient (Wildman–Crippen LogP) is 1.49. The first kappa shape index (κ1) is 12.0. The SMILES string of the molecule is C=C(CN)CN1C(=O)C(=O)c2cccc(Br)c21. The molecular formula is C12H11BrN2O2. The van der Waals surface area contributed by atoms with Crippen molar-refractivity contribution in [3.05, 3.63) is 40.4 Å². The van der Waals surface area contributed by atoms with Crippen LogP contribution in [0.4, 0.5) is 5.69 Å². The summed E-state index contributed by atoms with van der Waals surface area (Å²) in [5.74, 6) is -1.01. The third-order valence-corrected chi connectivity index (χ3v) is 3.25. The highest BCUT2D eigenvalue weighted by Gasteiger charge is 2.36. The molecule has 17 heavy (non-hydrogen) atoms. The molecule has 0 aliphatic carbocycles. The van der Waals surface area contributed by atoms with E-state index >= 15 is 0 Å². The van der Waals surface area contributed by atoms with Gasteiger partial charge in [0.2, 0.25) is 0 Å². The molecule has 1 heterocycles. The summed E-state index contributed by atoms with van der Waals surface area (Å²) in [4.78, 5) is 25.0. The van der Waals surface area contributed by atoms with Gasteiger partial charge in [-0.3, -0.25) is 14.5 Å². The minimum absolute atomic E-state index is 0.274. The molecule has 4 nitrogen and oxygen atoms in total. The van der Waals surface area contributed by atoms with Crippen molar-refractivity contribution in [2.24, 2.45) is 5.73 Å². The van der Waals surface area contributed by atoms with Gasteiger partial charge in [0.25, 0.3) is 11.7 Å². The van der Waals surface area contributed by atoms with E-state index in [1.54, 1.807) is 18.2 Å². The Labute approximate surface area is 107 Å². The summed E-state index contributed by atoms with van der Waals surface area (Å²) in [5.41, 5.74) is 7.19. The average molecular weight is 295 g/mol. The normalized spacial score (nSPS) is 14.1. The molecule has 1 aromatic carbocycles. The van der Waals surface area contributed by atoms with Crippen molar-refractivity contribution < 1.29 is 9.59 Å². The van der Waals surface area contributed by atoms with Crippen molar-refractivity contribution in [3.63, 3.8) is 0 Å². The quantitative estimate of drug-likeness (QED) is 0.679. The van der Waals surface area contributed by atoms with Crippen LogP contribution >= 0.6 is 15.9 Å². The monoisotopic (exact) mass is 294 g/mol. The summed E-state index contributed by atoms with van der Waals surface area (Å²) in [5, 5.41) is 0. The first-order valence-corrected chi connectivity index (χ1v) is 5.87. The fourth-order valence-corrected chi connectivity index (χ4v) is 2.33.